The van der Waals surface area contributed by atoms with E-state index in [1.165, 1.54) is 13.0 Å². The number of nitrogens with one attached hydrogen (secondary N) is 1. The van der Waals surface area contributed by atoms with Gasteiger partial charge < -0.3 is 59.6 Å². The van der Waals surface area contributed by atoms with Gasteiger partial charge in [0.05, 0.1) is 24.9 Å². The first-order valence-corrected chi connectivity index (χ1v) is 14.0. The van der Waals surface area contributed by atoms with Crippen molar-refractivity contribution >= 4 is 17.9 Å². The molecule has 0 amide bonds. The molecule has 15 nitrogen and oxygen atoms in total. The summed E-state index contributed by atoms with van der Waals surface area (Å²) in [5.41, 5.74) is 0.0937. The van der Waals surface area contributed by atoms with Crippen molar-refractivity contribution in [3.63, 3.8) is 0 Å². The fraction of sp³-hybridized carbons (Fsp3) is 0.815. The lowest BCUT2D eigenvalue weighted by atomic mass is 9.79. The van der Waals surface area contributed by atoms with Crippen molar-refractivity contribution in [1.82, 2.24) is 5.32 Å². The Bertz CT molecular complexity index is 992. The molecule has 0 aromatic rings. The Morgan fingerprint density at radius 3 is 1.98 bits per heavy atom. The molecule has 14 atom stereocenters. The third-order valence-corrected chi connectivity index (χ3v) is 7.88. The Hall–Kier alpha value is -2.21. The van der Waals surface area contributed by atoms with Gasteiger partial charge in [-0.2, -0.15) is 0 Å². The topological polar surface area (TPSA) is 231 Å². The average molecular weight is 606 g/mol. The fourth-order valence-electron chi connectivity index (χ4n) is 5.86. The van der Waals surface area contributed by atoms with Crippen LogP contribution in [-0.2, 0) is 38.1 Å². The van der Waals surface area contributed by atoms with Crippen LogP contribution in [0.2, 0.25) is 0 Å². The second kappa shape index (κ2) is 14.5. The first-order valence-electron chi connectivity index (χ1n) is 14.0. The molecule has 14 unspecified atom stereocenters. The van der Waals surface area contributed by atoms with Gasteiger partial charge in [-0.05, 0) is 24.3 Å². The molecular formula is C27H43NO14. The Kier molecular flexibility index (Phi) is 11.8. The van der Waals surface area contributed by atoms with Gasteiger partial charge >= 0.3 is 17.9 Å². The van der Waals surface area contributed by atoms with Gasteiger partial charge in [0.1, 0.15) is 30.5 Å². The molecule has 0 aromatic carbocycles. The second-order valence-electron chi connectivity index (χ2n) is 11.1. The molecule has 0 aromatic heterocycles. The van der Waals surface area contributed by atoms with Crippen LogP contribution < -0.4 is 5.32 Å². The molecule has 1 heterocycles. The molecule has 42 heavy (non-hydrogen) atoms. The lowest BCUT2D eigenvalue weighted by molar-refractivity contribution is -0.327. The smallest absolute Gasteiger partial charge is 0.303 e. The first-order chi connectivity index (χ1) is 19.7. The number of carbonyl (C=O) groups is 3. The van der Waals surface area contributed by atoms with Crippen LogP contribution >= 0.6 is 0 Å². The third-order valence-electron chi connectivity index (χ3n) is 7.88. The standard InChI is InChI=1S/C27H43NO14/c1-6-17-24(38-11(3)30)25(39-12(4)31)26(40-13(5)32)27(41-17)42-23-10(2)7-15(20(35)22(23)37)28-16-8-14(9-29)18(33)21(36)19(16)34/h8,10,15-29,33-37H,6-7,9H2,1-5H3. The van der Waals surface area contributed by atoms with Crippen LogP contribution in [0.25, 0.3) is 0 Å². The van der Waals surface area contributed by atoms with E-state index in [9.17, 15) is 45.0 Å². The maximum Gasteiger partial charge on any atom is 0.303 e. The molecule has 1 saturated carbocycles. The van der Waals surface area contributed by atoms with Crippen molar-refractivity contribution in [1.29, 1.82) is 0 Å². The number of rotatable bonds is 9. The van der Waals surface area contributed by atoms with Gasteiger partial charge in [0.15, 0.2) is 24.6 Å². The summed E-state index contributed by atoms with van der Waals surface area (Å²) in [4.78, 5) is 35.9. The largest absolute Gasteiger partial charge is 0.456 e. The Labute approximate surface area is 243 Å². The summed E-state index contributed by atoms with van der Waals surface area (Å²) in [7, 11) is 0. The minimum atomic E-state index is -1.58. The SMILES string of the molecule is CCC1OC(OC2C(C)CC(NC3C=C(CO)C(O)C(O)C3O)C(O)C2O)C(OC(C)=O)C(OC(C)=O)C1OC(C)=O. The van der Waals surface area contributed by atoms with Crippen molar-refractivity contribution in [2.45, 2.75) is 127 Å². The number of aliphatic hydroxyl groups excluding tert-OH is 6. The van der Waals surface area contributed by atoms with Crippen LogP contribution in [0.1, 0.15) is 47.5 Å². The van der Waals surface area contributed by atoms with Gasteiger partial charge in [0.25, 0.3) is 0 Å². The highest BCUT2D eigenvalue weighted by molar-refractivity contribution is 5.68. The molecule has 15 heteroatoms. The monoisotopic (exact) mass is 605 g/mol. The molecule has 2 aliphatic carbocycles. The Morgan fingerprint density at radius 1 is 0.857 bits per heavy atom. The maximum absolute atomic E-state index is 12.0. The number of carbonyl (C=O) groups excluding carboxylic acids is 3. The van der Waals surface area contributed by atoms with Gasteiger partial charge in [-0.1, -0.05) is 19.9 Å². The molecule has 3 aliphatic rings. The molecule has 1 saturated heterocycles. The molecule has 240 valence electrons. The van der Waals surface area contributed by atoms with E-state index >= 15 is 0 Å². The number of aliphatic hydroxyl groups is 6. The van der Waals surface area contributed by atoms with Crippen molar-refractivity contribution in [2.24, 2.45) is 5.92 Å². The summed E-state index contributed by atoms with van der Waals surface area (Å²) >= 11 is 0. The summed E-state index contributed by atoms with van der Waals surface area (Å²) < 4.78 is 28.4. The Morgan fingerprint density at radius 2 is 1.43 bits per heavy atom. The first kappa shape index (κ1) is 34.3. The van der Waals surface area contributed by atoms with E-state index in [0.29, 0.717) is 0 Å². The highest BCUT2D eigenvalue weighted by Crippen LogP contribution is 2.36. The predicted molar refractivity (Wildman–Crippen MR) is 140 cm³/mol. The van der Waals surface area contributed by atoms with Crippen molar-refractivity contribution in [3.8, 4) is 0 Å². The Balaban J connectivity index is 1.83. The summed E-state index contributed by atoms with van der Waals surface area (Å²) in [6.45, 7) is 6.34. The number of esters is 3. The zero-order chi connectivity index (χ0) is 31.5. The van der Waals surface area contributed by atoms with Gasteiger partial charge in [-0.3, -0.25) is 14.4 Å². The van der Waals surface area contributed by atoms with E-state index in [4.69, 9.17) is 23.7 Å². The zero-order valence-electron chi connectivity index (χ0n) is 24.2. The normalized spacial score (nSPS) is 42.3. The van der Waals surface area contributed by atoms with Crippen LogP contribution in [0.5, 0.6) is 0 Å². The molecule has 1 aliphatic heterocycles. The molecule has 0 bridgehead atoms. The van der Waals surface area contributed by atoms with Gasteiger partial charge in [0, 0.05) is 26.8 Å². The lowest BCUT2D eigenvalue weighted by Gasteiger charge is -2.48. The maximum atomic E-state index is 12.0. The van der Waals surface area contributed by atoms with Crippen molar-refractivity contribution in [3.05, 3.63) is 11.6 Å². The number of hydrogen-bond acceptors (Lipinski definition) is 15. The van der Waals surface area contributed by atoms with E-state index < -0.39 is 110 Å². The molecule has 3 rings (SSSR count). The van der Waals surface area contributed by atoms with Crippen molar-refractivity contribution < 1.29 is 68.7 Å². The van der Waals surface area contributed by atoms with Crippen molar-refractivity contribution in [2.75, 3.05) is 6.61 Å². The molecule has 0 radical (unpaired) electrons. The summed E-state index contributed by atoms with van der Waals surface area (Å²) in [6, 6.07) is -1.76. The number of hydrogen-bond donors (Lipinski definition) is 7. The second-order valence-corrected chi connectivity index (χ2v) is 11.1. The van der Waals surface area contributed by atoms with E-state index in [0.717, 1.165) is 13.8 Å². The third kappa shape index (κ3) is 7.65. The fourth-order valence-corrected chi connectivity index (χ4v) is 5.86. The summed E-state index contributed by atoms with van der Waals surface area (Å²) in [6.07, 6.45) is -12.7. The van der Waals surface area contributed by atoms with E-state index in [-0.39, 0.29) is 18.4 Å². The van der Waals surface area contributed by atoms with Crippen LogP contribution in [0.4, 0.5) is 0 Å². The highest BCUT2D eigenvalue weighted by atomic mass is 16.7. The lowest BCUT2D eigenvalue weighted by Crippen LogP contribution is -2.66. The molecular weight excluding hydrogens is 562 g/mol. The molecule has 2 fully saturated rings. The minimum Gasteiger partial charge on any atom is -0.456 e. The quantitative estimate of drug-likeness (QED) is 0.0812. The van der Waals surface area contributed by atoms with Gasteiger partial charge in [0.2, 0.25) is 0 Å². The minimum absolute atomic E-state index is 0.0937. The van der Waals surface area contributed by atoms with Crippen LogP contribution in [0.15, 0.2) is 11.6 Å². The van der Waals surface area contributed by atoms with Crippen LogP contribution in [0.3, 0.4) is 0 Å². The van der Waals surface area contributed by atoms with E-state index in [2.05, 4.69) is 5.32 Å². The predicted octanol–water partition coefficient (Wildman–Crippen LogP) is -2.59. The van der Waals surface area contributed by atoms with E-state index in [1.54, 1.807) is 13.8 Å². The molecule has 0 spiro atoms. The average Bonchev–Trinajstić information content (AvgIpc) is 2.91. The van der Waals surface area contributed by atoms with Crippen LogP contribution in [0, 0.1) is 5.92 Å². The van der Waals surface area contributed by atoms with Gasteiger partial charge in [-0.25, -0.2) is 0 Å². The summed E-state index contributed by atoms with van der Waals surface area (Å²) in [5, 5.41) is 65.3. The molecule has 7 N–H and O–H groups in total. The number of ether oxygens (including phenoxy) is 5. The zero-order valence-corrected chi connectivity index (χ0v) is 24.2. The van der Waals surface area contributed by atoms with E-state index in [1.807, 2.05) is 0 Å². The summed E-state index contributed by atoms with van der Waals surface area (Å²) in [5.74, 6) is -2.65. The highest BCUT2D eigenvalue weighted by Gasteiger charge is 2.54. The van der Waals surface area contributed by atoms with Gasteiger partial charge in [-0.15, -0.1) is 0 Å². The van der Waals surface area contributed by atoms with Crippen LogP contribution in [-0.4, -0.2) is 135 Å².